The first-order valence-electron chi connectivity index (χ1n) is 8.87. The highest BCUT2D eigenvalue weighted by molar-refractivity contribution is 8.02. The Hall–Kier alpha value is -3.18. The van der Waals surface area contributed by atoms with Crippen LogP contribution in [0.4, 0.5) is 16.5 Å². The van der Waals surface area contributed by atoms with Crippen LogP contribution >= 0.6 is 23.1 Å². The number of anilines is 2. The number of aromatic nitrogens is 2. The highest BCUT2D eigenvalue weighted by Crippen LogP contribution is 2.32. The zero-order valence-corrected chi connectivity index (χ0v) is 17.8. The van der Waals surface area contributed by atoms with Gasteiger partial charge in [0, 0.05) is 18.7 Å². The molecule has 30 heavy (non-hydrogen) atoms. The summed E-state index contributed by atoms with van der Waals surface area (Å²) in [7, 11) is 1.43. The van der Waals surface area contributed by atoms with Gasteiger partial charge in [-0.25, -0.2) is 0 Å². The van der Waals surface area contributed by atoms with Crippen molar-refractivity contribution in [1.82, 2.24) is 10.2 Å². The molecule has 0 radical (unpaired) electrons. The fraction of sp³-hybridized carbons (Fsp3) is 0.211. The lowest BCUT2D eigenvalue weighted by Crippen LogP contribution is -2.22. The van der Waals surface area contributed by atoms with Crippen LogP contribution in [0.25, 0.3) is 0 Å². The second-order valence-electron chi connectivity index (χ2n) is 6.10. The van der Waals surface area contributed by atoms with Crippen molar-refractivity contribution in [3.8, 4) is 5.75 Å². The molecule has 3 rings (SSSR count). The molecule has 0 aliphatic rings. The first-order chi connectivity index (χ1) is 14.5. The number of hydrogen-bond donors (Lipinski definition) is 2. The van der Waals surface area contributed by atoms with E-state index in [1.165, 1.54) is 48.4 Å². The average Bonchev–Trinajstić information content (AvgIpc) is 3.20. The maximum absolute atomic E-state index is 12.6. The zero-order chi connectivity index (χ0) is 21.5. The number of ether oxygens (including phenoxy) is 1. The van der Waals surface area contributed by atoms with Gasteiger partial charge in [-0.1, -0.05) is 53.4 Å². The summed E-state index contributed by atoms with van der Waals surface area (Å²) >= 11 is 2.61. The van der Waals surface area contributed by atoms with Crippen molar-refractivity contribution < 1.29 is 14.5 Å². The molecule has 1 aromatic heterocycles. The minimum absolute atomic E-state index is 0.135. The van der Waals surface area contributed by atoms with E-state index in [9.17, 15) is 14.9 Å². The minimum atomic E-state index is -0.529. The summed E-state index contributed by atoms with van der Waals surface area (Å²) in [6, 6.07) is 13.9. The van der Waals surface area contributed by atoms with E-state index in [2.05, 4.69) is 20.8 Å². The van der Waals surface area contributed by atoms with Gasteiger partial charge in [-0.05, 0) is 18.6 Å². The van der Waals surface area contributed by atoms with Crippen LogP contribution < -0.4 is 15.4 Å². The summed E-state index contributed by atoms with van der Waals surface area (Å²) in [5.74, 6) is 0.0160. The van der Waals surface area contributed by atoms with Gasteiger partial charge in [0.1, 0.15) is 5.75 Å². The molecule has 0 aliphatic heterocycles. The summed E-state index contributed by atoms with van der Waals surface area (Å²) in [6.45, 7) is 2.35. The van der Waals surface area contributed by atoms with E-state index in [0.29, 0.717) is 21.8 Å². The molecule has 11 heteroatoms. The second kappa shape index (κ2) is 10.0. The molecule has 1 amide bonds. The van der Waals surface area contributed by atoms with Gasteiger partial charge in [0.15, 0.2) is 4.34 Å². The molecule has 1 heterocycles. The predicted molar refractivity (Wildman–Crippen MR) is 117 cm³/mol. The summed E-state index contributed by atoms with van der Waals surface area (Å²) in [6.07, 6.45) is 0. The first-order valence-corrected chi connectivity index (χ1v) is 10.6. The lowest BCUT2D eigenvalue weighted by atomic mass is 10.2. The Morgan fingerprint density at radius 1 is 1.27 bits per heavy atom. The predicted octanol–water partition coefficient (Wildman–Crippen LogP) is 4.19. The highest BCUT2D eigenvalue weighted by Gasteiger charge is 2.20. The van der Waals surface area contributed by atoms with E-state index in [1.807, 2.05) is 30.3 Å². The molecule has 2 N–H and O–H groups in total. The van der Waals surface area contributed by atoms with Crippen molar-refractivity contribution in [2.24, 2.45) is 0 Å². The molecular weight excluding hydrogens is 426 g/mol. The first kappa shape index (κ1) is 21.5. The molecule has 0 aliphatic carbocycles. The molecule has 9 nitrogen and oxygen atoms in total. The number of carbonyl (C=O) groups is 1. The highest BCUT2D eigenvalue weighted by atomic mass is 32.2. The number of benzene rings is 2. The lowest BCUT2D eigenvalue weighted by Gasteiger charge is -2.13. The van der Waals surface area contributed by atoms with E-state index in [-0.39, 0.29) is 17.3 Å². The summed E-state index contributed by atoms with van der Waals surface area (Å²) < 4.78 is 5.81. The van der Waals surface area contributed by atoms with E-state index in [0.717, 1.165) is 5.56 Å². The molecule has 0 spiro atoms. The van der Waals surface area contributed by atoms with E-state index >= 15 is 0 Å². The van der Waals surface area contributed by atoms with Gasteiger partial charge in [0.05, 0.1) is 23.0 Å². The van der Waals surface area contributed by atoms with Crippen LogP contribution in [0.5, 0.6) is 5.75 Å². The Morgan fingerprint density at radius 2 is 2.03 bits per heavy atom. The van der Waals surface area contributed by atoms with Gasteiger partial charge in [-0.3, -0.25) is 14.9 Å². The Bertz CT molecular complexity index is 1030. The number of nitro groups is 1. The van der Waals surface area contributed by atoms with Crippen LogP contribution in [0, 0.1) is 10.1 Å². The number of thioether (sulfide) groups is 1. The fourth-order valence-electron chi connectivity index (χ4n) is 2.45. The van der Waals surface area contributed by atoms with E-state index < -0.39 is 10.2 Å². The van der Waals surface area contributed by atoms with Crippen LogP contribution in [0.1, 0.15) is 12.5 Å². The monoisotopic (exact) mass is 445 g/mol. The number of hydrogen-bond acceptors (Lipinski definition) is 9. The smallest absolute Gasteiger partial charge is 0.271 e. The van der Waals surface area contributed by atoms with Gasteiger partial charge < -0.3 is 15.4 Å². The van der Waals surface area contributed by atoms with Gasteiger partial charge >= 0.3 is 0 Å². The maximum atomic E-state index is 12.6. The van der Waals surface area contributed by atoms with Crippen molar-refractivity contribution in [3.63, 3.8) is 0 Å². The van der Waals surface area contributed by atoms with Crippen molar-refractivity contribution in [2.45, 2.75) is 23.1 Å². The average molecular weight is 446 g/mol. The van der Waals surface area contributed by atoms with E-state index in [1.54, 1.807) is 6.92 Å². The molecule has 156 valence electrons. The van der Waals surface area contributed by atoms with Gasteiger partial charge in [0.25, 0.3) is 5.69 Å². The molecule has 0 bridgehead atoms. The Balaban J connectivity index is 1.59. The quantitative estimate of drug-likeness (QED) is 0.286. The Morgan fingerprint density at radius 3 is 2.73 bits per heavy atom. The van der Waals surface area contributed by atoms with Gasteiger partial charge in [-0.2, -0.15) is 0 Å². The van der Waals surface area contributed by atoms with Crippen LogP contribution in [-0.4, -0.2) is 33.4 Å². The molecule has 1 atom stereocenters. The third kappa shape index (κ3) is 5.67. The summed E-state index contributed by atoms with van der Waals surface area (Å²) in [5.41, 5.74) is 1.23. The third-order valence-electron chi connectivity index (χ3n) is 3.99. The van der Waals surface area contributed by atoms with Crippen LogP contribution in [0.3, 0.4) is 0 Å². The van der Waals surface area contributed by atoms with Crippen molar-refractivity contribution >= 4 is 45.5 Å². The molecule has 3 aromatic rings. The van der Waals surface area contributed by atoms with Crippen LogP contribution in [0.15, 0.2) is 52.9 Å². The SMILES string of the molecule is COc1ccc([N+](=O)[O-])cc1NC(=O)C(C)Sc1nnc(NCc2ccccc2)s1. The number of nitro benzene ring substituents is 1. The number of nitrogens with zero attached hydrogens (tertiary/aromatic N) is 3. The zero-order valence-electron chi connectivity index (χ0n) is 16.2. The third-order valence-corrected chi connectivity index (χ3v) is 6.06. The number of rotatable bonds is 9. The number of methoxy groups -OCH3 is 1. The van der Waals surface area contributed by atoms with Crippen molar-refractivity contribution in [1.29, 1.82) is 0 Å². The Labute approximate surface area is 181 Å². The van der Waals surface area contributed by atoms with Crippen LogP contribution in [0.2, 0.25) is 0 Å². The normalized spacial score (nSPS) is 11.5. The van der Waals surface area contributed by atoms with Crippen molar-refractivity contribution in [2.75, 3.05) is 17.7 Å². The van der Waals surface area contributed by atoms with Crippen molar-refractivity contribution in [3.05, 3.63) is 64.2 Å². The summed E-state index contributed by atoms with van der Waals surface area (Å²) in [4.78, 5) is 23.0. The molecule has 0 saturated carbocycles. The number of nitrogens with one attached hydrogen (secondary N) is 2. The molecule has 0 fully saturated rings. The molecule has 2 aromatic carbocycles. The Kier molecular flexibility index (Phi) is 7.20. The minimum Gasteiger partial charge on any atom is -0.495 e. The number of carbonyl (C=O) groups excluding carboxylic acids is 1. The van der Waals surface area contributed by atoms with E-state index in [4.69, 9.17) is 4.74 Å². The van der Waals surface area contributed by atoms with Crippen LogP contribution in [-0.2, 0) is 11.3 Å². The topological polar surface area (TPSA) is 119 Å². The molecule has 0 saturated heterocycles. The summed E-state index contributed by atoms with van der Waals surface area (Å²) in [5, 5.41) is 25.2. The number of amides is 1. The molecular formula is C19H19N5O4S2. The maximum Gasteiger partial charge on any atom is 0.271 e. The fourth-order valence-corrected chi connectivity index (χ4v) is 4.34. The van der Waals surface area contributed by atoms with Gasteiger partial charge in [0.2, 0.25) is 11.0 Å². The lowest BCUT2D eigenvalue weighted by molar-refractivity contribution is -0.384. The largest absolute Gasteiger partial charge is 0.495 e. The number of non-ortho nitro benzene ring substituents is 1. The second-order valence-corrected chi connectivity index (χ2v) is 8.67. The standard InChI is InChI=1S/C19H19N5O4S2/c1-12(17(25)21-15-10-14(24(26)27)8-9-16(15)28-2)29-19-23-22-18(30-19)20-11-13-6-4-3-5-7-13/h3-10,12H,11H2,1-2H3,(H,20,22)(H,21,25). The van der Waals surface area contributed by atoms with Gasteiger partial charge in [-0.15, -0.1) is 10.2 Å². The molecule has 1 unspecified atom stereocenters.